The minimum Gasteiger partial charge on any atom is -0.497 e. The molecule has 0 bridgehead atoms. The zero-order valence-electron chi connectivity index (χ0n) is 18.7. The molecular formula is C24H30N2O5S. The van der Waals surface area contributed by atoms with Gasteiger partial charge < -0.3 is 14.8 Å². The lowest BCUT2D eigenvalue weighted by Gasteiger charge is -2.39. The average molecular weight is 459 g/mol. The summed E-state index contributed by atoms with van der Waals surface area (Å²) in [7, 11) is -1.92. The summed E-state index contributed by atoms with van der Waals surface area (Å²) >= 11 is 0. The Morgan fingerprint density at radius 1 is 1.12 bits per heavy atom. The lowest BCUT2D eigenvalue weighted by Crippen LogP contribution is -2.46. The zero-order chi connectivity index (χ0) is 22.9. The average Bonchev–Trinajstić information content (AvgIpc) is 2.78. The van der Waals surface area contributed by atoms with Crippen LogP contribution in [0.3, 0.4) is 0 Å². The molecule has 1 amide bonds. The Kier molecular flexibility index (Phi) is 6.18. The van der Waals surface area contributed by atoms with E-state index in [-0.39, 0.29) is 17.9 Å². The first-order chi connectivity index (χ1) is 15.2. The molecular weight excluding hydrogens is 428 g/mol. The van der Waals surface area contributed by atoms with Crippen molar-refractivity contribution < 1.29 is 22.7 Å². The highest BCUT2D eigenvalue weighted by Crippen LogP contribution is 2.41. The molecule has 8 heteroatoms. The number of piperidine rings is 1. The van der Waals surface area contributed by atoms with Gasteiger partial charge in [0.15, 0.2) is 0 Å². The fourth-order valence-electron chi connectivity index (χ4n) is 4.48. The Morgan fingerprint density at radius 2 is 1.81 bits per heavy atom. The van der Waals surface area contributed by atoms with Gasteiger partial charge in [-0.2, -0.15) is 4.31 Å². The molecule has 172 valence electrons. The van der Waals surface area contributed by atoms with Crippen molar-refractivity contribution in [1.82, 2.24) is 9.62 Å². The van der Waals surface area contributed by atoms with E-state index in [9.17, 15) is 13.2 Å². The van der Waals surface area contributed by atoms with Crippen LogP contribution in [0.1, 0.15) is 44.7 Å². The molecule has 1 fully saturated rings. The third-order valence-electron chi connectivity index (χ3n) is 6.20. The van der Waals surface area contributed by atoms with Crippen molar-refractivity contribution in [2.75, 3.05) is 20.2 Å². The van der Waals surface area contributed by atoms with Gasteiger partial charge in [-0.15, -0.1) is 0 Å². The summed E-state index contributed by atoms with van der Waals surface area (Å²) in [5, 5.41) is 3.20. The summed E-state index contributed by atoms with van der Waals surface area (Å²) in [5.41, 5.74) is 0.507. The Balaban J connectivity index is 1.42. The van der Waals surface area contributed by atoms with Gasteiger partial charge in [0.05, 0.1) is 18.0 Å². The first kappa shape index (κ1) is 22.6. The zero-order valence-corrected chi connectivity index (χ0v) is 19.5. The maximum atomic E-state index is 13.1. The summed E-state index contributed by atoms with van der Waals surface area (Å²) in [4.78, 5) is 13.4. The smallest absolute Gasteiger partial charge is 0.243 e. The molecule has 2 aromatic carbocycles. The van der Waals surface area contributed by atoms with Crippen molar-refractivity contribution >= 4 is 15.9 Å². The Labute approximate surface area is 189 Å². The normalized spacial score (nSPS) is 21.3. The Hall–Kier alpha value is -2.58. The van der Waals surface area contributed by atoms with Gasteiger partial charge in [-0.3, -0.25) is 4.79 Å². The fraction of sp³-hybridized carbons (Fsp3) is 0.458. The number of rotatable bonds is 5. The van der Waals surface area contributed by atoms with Crippen LogP contribution in [-0.4, -0.2) is 44.4 Å². The van der Waals surface area contributed by atoms with E-state index in [1.807, 2.05) is 32.0 Å². The Bertz CT molecular complexity index is 1080. The van der Waals surface area contributed by atoms with Crippen LogP contribution in [0, 0.1) is 5.92 Å². The summed E-state index contributed by atoms with van der Waals surface area (Å²) in [5.74, 6) is 1.17. The quantitative estimate of drug-likeness (QED) is 0.741. The number of nitrogens with zero attached hydrogens (tertiary/aromatic N) is 1. The number of nitrogens with one attached hydrogen (secondary N) is 1. The molecule has 0 radical (unpaired) electrons. The molecule has 0 unspecified atom stereocenters. The molecule has 7 nitrogen and oxygen atoms in total. The molecule has 1 atom stereocenters. The summed E-state index contributed by atoms with van der Waals surface area (Å²) in [6.45, 7) is 4.67. The topological polar surface area (TPSA) is 84.9 Å². The predicted molar refractivity (Wildman–Crippen MR) is 121 cm³/mol. The fourth-order valence-corrected chi connectivity index (χ4v) is 5.97. The second-order valence-electron chi connectivity index (χ2n) is 9.02. The largest absolute Gasteiger partial charge is 0.497 e. The van der Waals surface area contributed by atoms with E-state index in [2.05, 4.69) is 5.32 Å². The van der Waals surface area contributed by atoms with Gasteiger partial charge in [0.25, 0.3) is 0 Å². The van der Waals surface area contributed by atoms with Crippen molar-refractivity contribution in [2.24, 2.45) is 5.92 Å². The van der Waals surface area contributed by atoms with Crippen LogP contribution in [0.25, 0.3) is 0 Å². The minimum absolute atomic E-state index is 0.0359. The second-order valence-corrected chi connectivity index (χ2v) is 11.0. The van der Waals surface area contributed by atoms with Crippen molar-refractivity contribution in [3.8, 4) is 11.5 Å². The molecule has 1 saturated heterocycles. The second kappa shape index (κ2) is 8.75. The number of fused-ring (bicyclic) bond motifs is 1. The van der Waals surface area contributed by atoms with Crippen LogP contribution in [-0.2, 0) is 14.8 Å². The van der Waals surface area contributed by atoms with Gasteiger partial charge in [0.1, 0.15) is 17.1 Å². The molecule has 0 aliphatic carbocycles. The third-order valence-corrected chi connectivity index (χ3v) is 8.11. The lowest BCUT2D eigenvalue weighted by molar-refractivity contribution is -0.127. The molecule has 0 spiro atoms. The molecule has 32 heavy (non-hydrogen) atoms. The van der Waals surface area contributed by atoms with E-state index < -0.39 is 15.6 Å². The predicted octanol–water partition coefficient (Wildman–Crippen LogP) is 3.51. The van der Waals surface area contributed by atoms with E-state index >= 15 is 0 Å². The molecule has 2 heterocycles. The van der Waals surface area contributed by atoms with Crippen molar-refractivity contribution in [2.45, 2.75) is 49.6 Å². The molecule has 4 rings (SSSR count). The van der Waals surface area contributed by atoms with Crippen LogP contribution >= 0.6 is 0 Å². The lowest BCUT2D eigenvalue weighted by atomic mass is 9.88. The first-order valence-electron chi connectivity index (χ1n) is 10.9. The molecule has 2 aromatic rings. The van der Waals surface area contributed by atoms with Crippen LogP contribution in [0.2, 0.25) is 0 Å². The number of ether oxygens (including phenoxy) is 2. The van der Waals surface area contributed by atoms with Crippen LogP contribution in [0.15, 0.2) is 53.4 Å². The van der Waals surface area contributed by atoms with Crippen molar-refractivity contribution in [3.63, 3.8) is 0 Å². The molecule has 2 aliphatic heterocycles. The molecule has 1 N–H and O–H groups in total. The van der Waals surface area contributed by atoms with Gasteiger partial charge >= 0.3 is 0 Å². The molecule has 0 saturated carbocycles. The molecule has 2 aliphatic rings. The standard InChI is InChI=1S/C24H30N2O5S/c1-24(2)16-21(20-10-9-18(30-3)15-22(20)31-24)25-23(27)17-11-13-26(14-12-17)32(28,29)19-7-5-4-6-8-19/h4-10,15,17,21H,11-14,16H2,1-3H3,(H,25,27)/t21-/m1/s1. The third kappa shape index (κ3) is 4.61. The van der Waals surface area contributed by atoms with Crippen LogP contribution < -0.4 is 14.8 Å². The number of hydrogen-bond donors (Lipinski definition) is 1. The Morgan fingerprint density at radius 3 is 2.47 bits per heavy atom. The number of hydrogen-bond acceptors (Lipinski definition) is 5. The SMILES string of the molecule is COc1ccc2c(c1)OC(C)(C)C[C@H]2NC(=O)C1CCN(S(=O)(=O)c2ccccc2)CC1. The van der Waals surface area contributed by atoms with Crippen LogP contribution in [0.4, 0.5) is 0 Å². The monoisotopic (exact) mass is 458 g/mol. The highest BCUT2D eigenvalue weighted by molar-refractivity contribution is 7.89. The number of amides is 1. The van der Waals surface area contributed by atoms with Gasteiger partial charge in [-0.05, 0) is 51.0 Å². The van der Waals surface area contributed by atoms with Gasteiger partial charge in [-0.1, -0.05) is 18.2 Å². The van der Waals surface area contributed by atoms with E-state index in [1.54, 1.807) is 37.4 Å². The van der Waals surface area contributed by atoms with E-state index in [4.69, 9.17) is 9.47 Å². The molecule has 0 aromatic heterocycles. The number of carbonyl (C=O) groups excluding carboxylic acids is 1. The van der Waals surface area contributed by atoms with Crippen LogP contribution in [0.5, 0.6) is 11.5 Å². The van der Waals surface area contributed by atoms with Gasteiger partial charge in [0.2, 0.25) is 15.9 Å². The van der Waals surface area contributed by atoms with E-state index in [0.29, 0.717) is 43.0 Å². The number of carbonyl (C=O) groups is 1. The highest BCUT2D eigenvalue weighted by Gasteiger charge is 2.37. The highest BCUT2D eigenvalue weighted by atomic mass is 32.2. The minimum atomic E-state index is -3.53. The number of benzene rings is 2. The summed E-state index contributed by atoms with van der Waals surface area (Å²) in [6.07, 6.45) is 1.65. The van der Waals surface area contributed by atoms with Gasteiger partial charge in [-0.25, -0.2) is 8.42 Å². The summed E-state index contributed by atoms with van der Waals surface area (Å²) in [6, 6.07) is 13.9. The van der Waals surface area contributed by atoms with Gasteiger partial charge in [0, 0.05) is 37.1 Å². The van der Waals surface area contributed by atoms with Crippen molar-refractivity contribution in [1.29, 1.82) is 0 Å². The first-order valence-corrected chi connectivity index (χ1v) is 12.4. The summed E-state index contributed by atoms with van der Waals surface area (Å²) < 4.78 is 38.6. The van der Waals surface area contributed by atoms with E-state index in [1.165, 1.54) is 4.31 Å². The maximum absolute atomic E-state index is 13.1. The number of sulfonamides is 1. The van der Waals surface area contributed by atoms with Crippen molar-refractivity contribution in [3.05, 3.63) is 54.1 Å². The maximum Gasteiger partial charge on any atom is 0.243 e. The van der Waals surface area contributed by atoms with E-state index in [0.717, 1.165) is 11.3 Å². The number of methoxy groups -OCH3 is 1.